The van der Waals surface area contributed by atoms with Crippen molar-refractivity contribution < 1.29 is 28.6 Å². The number of ether oxygens (including phenoxy) is 3. The lowest BCUT2D eigenvalue weighted by atomic mass is 10.1. The smallest absolute Gasteiger partial charge is 0.306 e. The Hall–Kier alpha value is -4.71. The van der Waals surface area contributed by atoms with E-state index in [4.69, 9.17) is 14.2 Å². The average Bonchev–Trinajstić information content (AvgIpc) is 3.47. The first kappa shape index (κ1) is 76.3. The Labute approximate surface area is 499 Å². The molecule has 0 bridgehead atoms. The minimum atomic E-state index is -0.799. The van der Waals surface area contributed by atoms with Crippen LogP contribution in [0.25, 0.3) is 0 Å². The first-order valence-electron chi connectivity index (χ1n) is 33.3. The van der Waals surface area contributed by atoms with E-state index >= 15 is 0 Å². The number of rotatable bonds is 59. The standard InChI is InChI=1S/C75H122O6/c1-4-7-10-13-16-19-22-25-28-31-32-33-34-35-36-37-38-39-40-41-42-45-47-50-53-56-59-62-65-68-74(77)80-71-72(81-75(78)69-66-63-60-57-54-51-48-44-30-27-24-21-18-15-12-9-6-3)70-79-73(76)67-64-61-58-55-52-49-46-43-29-26-23-20-17-14-11-8-5-2/h7,9-10,12,16-21,25-30,32-33,35-36,38-39,41-42,72H,4-6,8,11,13-15,22-24,31,34,37,40,43-71H2,1-3H3/b10-7-,12-9-,19-16-,20-17-,21-18-,28-25-,29-26-,30-27-,33-32-,36-35-,39-38-,42-41-. The largest absolute Gasteiger partial charge is 0.462 e. The molecule has 0 aliphatic heterocycles. The van der Waals surface area contributed by atoms with E-state index in [-0.39, 0.29) is 31.1 Å². The monoisotopic (exact) mass is 1120 g/mol. The van der Waals surface area contributed by atoms with E-state index in [0.29, 0.717) is 19.3 Å². The molecule has 0 saturated carbocycles. The fourth-order valence-corrected chi connectivity index (χ4v) is 8.88. The maximum absolute atomic E-state index is 12.9. The number of carbonyl (C=O) groups excluding carboxylic acids is 3. The van der Waals surface area contributed by atoms with E-state index in [1.165, 1.54) is 103 Å². The van der Waals surface area contributed by atoms with Crippen molar-refractivity contribution in [2.45, 2.75) is 297 Å². The molecule has 81 heavy (non-hydrogen) atoms. The van der Waals surface area contributed by atoms with E-state index in [1.54, 1.807) is 0 Å². The Kier molecular flexibility index (Phi) is 63.9. The first-order chi connectivity index (χ1) is 40.0. The maximum atomic E-state index is 12.9. The minimum absolute atomic E-state index is 0.0939. The molecule has 0 aromatic heterocycles. The van der Waals surface area contributed by atoms with Gasteiger partial charge in [0.2, 0.25) is 0 Å². The number of esters is 3. The van der Waals surface area contributed by atoms with Gasteiger partial charge in [-0.1, -0.05) is 276 Å². The molecule has 1 atom stereocenters. The number of unbranched alkanes of at least 4 members (excludes halogenated alkanes) is 24. The van der Waals surface area contributed by atoms with E-state index in [9.17, 15) is 14.4 Å². The summed E-state index contributed by atoms with van der Waals surface area (Å²) in [4.78, 5) is 38.4. The number of carbonyl (C=O) groups is 3. The Morgan fingerprint density at radius 2 is 0.481 bits per heavy atom. The second-order valence-corrected chi connectivity index (χ2v) is 21.6. The second kappa shape index (κ2) is 67.8. The molecule has 1 unspecified atom stereocenters. The fraction of sp³-hybridized carbons (Fsp3) is 0.640. The Balaban J connectivity index is 4.40. The van der Waals surface area contributed by atoms with Crippen LogP contribution in [0.1, 0.15) is 290 Å². The first-order valence-corrected chi connectivity index (χ1v) is 33.3. The Morgan fingerprint density at radius 3 is 0.753 bits per heavy atom. The normalized spacial score (nSPS) is 13.1. The molecule has 0 fully saturated rings. The van der Waals surface area contributed by atoms with Crippen molar-refractivity contribution in [2.75, 3.05) is 13.2 Å². The molecule has 0 aliphatic rings. The van der Waals surface area contributed by atoms with Crippen molar-refractivity contribution in [3.63, 3.8) is 0 Å². The van der Waals surface area contributed by atoms with Gasteiger partial charge < -0.3 is 14.2 Å². The van der Waals surface area contributed by atoms with E-state index in [1.807, 2.05) is 0 Å². The predicted octanol–water partition coefficient (Wildman–Crippen LogP) is 23.1. The van der Waals surface area contributed by atoms with E-state index in [0.717, 1.165) is 148 Å². The van der Waals surface area contributed by atoms with Gasteiger partial charge in [-0.25, -0.2) is 0 Å². The average molecular weight is 1120 g/mol. The molecule has 0 saturated heterocycles. The lowest BCUT2D eigenvalue weighted by Gasteiger charge is -2.18. The van der Waals surface area contributed by atoms with Gasteiger partial charge in [0.25, 0.3) is 0 Å². The van der Waals surface area contributed by atoms with Crippen LogP contribution in [-0.4, -0.2) is 37.2 Å². The van der Waals surface area contributed by atoms with Crippen LogP contribution < -0.4 is 0 Å². The molecule has 0 amide bonds. The Bertz CT molecular complexity index is 1760. The summed E-state index contributed by atoms with van der Waals surface area (Å²) < 4.78 is 16.9. The van der Waals surface area contributed by atoms with Crippen molar-refractivity contribution in [1.82, 2.24) is 0 Å². The Morgan fingerprint density at radius 1 is 0.259 bits per heavy atom. The van der Waals surface area contributed by atoms with Crippen molar-refractivity contribution in [3.05, 3.63) is 146 Å². The molecule has 0 rings (SSSR count). The van der Waals surface area contributed by atoms with Crippen molar-refractivity contribution in [1.29, 1.82) is 0 Å². The molecular weight excluding hydrogens is 997 g/mol. The van der Waals surface area contributed by atoms with Crippen molar-refractivity contribution in [3.8, 4) is 0 Å². The van der Waals surface area contributed by atoms with Crippen LogP contribution in [0.4, 0.5) is 0 Å². The molecule has 0 heterocycles. The van der Waals surface area contributed by atoms with Crippen LogP contribution in [0.3, 0.4) is 0 Å². The molecule has 0 aromatic carbocycles. The summed E-state index contributed by atoms with van der Waals surface area (Å²) in [7, 11) is 0. The molecule has 6 nitrogen and oxygen atoms in total. The maximum Gasteiger partial charge on any atom is 0.306 e. The zero-order chi connectivity index (χ0) is 58.5. The van der Waals surface area contributed by atoms with Gasteiger partial charge in [-0.2, -0.15) is 0 Å². The van der Waals surface area contributed by atoms with Gasteiger partial charge >= 0.3 is 17.9 Å². The SMILES string of the molecule is CC/C=C\C/C=C\C/C=C\C/C=C\C/C=C\C/C=C\C/C=C\CCCCCCCCCC(=O)OCC(COC(=O)CCCCCCCCC/C=C\C/C=C\CCCCC)OC(=O)CCCCCCCCC/C=C\C/C=C\C/C=C\CC. The fourth-order valence-electron chi connectivity index (χ4n) is 8.88. The predicted molar refractivity (Wildman–Crippen MR) is 352 cm³/mol. The highest BCUT2D eigenvalue weighted by Gasteiger charge is 2.19. The highest BCUT2D eigenvalue weighted by atomic mass is 16.6. The third-order valence-electron chi connectivity index (χ3n) is 13.8. The summed E-state index contributed by atoms with van der Waals surface area (Å²) in [5.74, 6) is -0.920. The van der Waals surface area contributed by atoms with Gasteiger partial charge in [-0.15, -0.1) is 0 Å². The third-order valence-corrected chi connectivity index (χ3v) is 13.8. The minimum Gasteiger partial charge on any atom is -0.462 e. The van der Waals surface area contributed by atoms with Gasteiger partial charge in [0.15, 0.2) is 6.10 Å². The van der Waals surface area contributed by atoms with Crippen LogP contribution in [0.2, 0.25) is 0 Å². The van der Waals surface area contributed by atoms with Gasteiger partial charge in [-0.05, 0) is 141 Å². The lowest BCUT2D eigenvalue weighted by molar-refractivity contribution is -0.167. The third kappa shape index (κ3) is 66.0. The number of hydrogen-bond donors (Lipinski definition) is 0. The summed E-state index contributed by atoms with van der Waals surface area (Å²) in [6.45, 7) is 6.38. The molecule has 0 aliphatic carbocycles. The highest BCUT2D eigenvalue weighted by Crippen LogP contribution is 2.15. The zero-order valence-corrected chi connectivity index (χ0v) is 52.5. The topological polar surface area (TPSA) is 78.9 Å². The summed E-state index contributed by atoms with van der Waals surface area (Å²) in [5, 5.41) is 0. The van der Waals surface area contributed by atoms with E-state index in [2.05, 4.69) is 167 Å². The van der Waals surface area contributed by atoms with E-state index < -0.39 is 6.10 Å². The van der Waals surface area contributed by atoms with Crippen LogP contribution in [-0.2, 0) is 28.6 Å². The van der Waals surface area contributed by atoms with Gasteiger partial charge in [-0.3, -0.25) is 14.4 Å². The summed E-state index contributed by atoms with van der Waals surface area (Å²) in [6, 6.07) is 0. The van der Waals surface area contributed by atoms with Crippen LogP contribution in [0.15, 0.2) is 146 Å². The number of allylic oxidation sites excluding steroid dienone is 24. The quantitative estimate of drug-likeness (QED) is 0.0261. The van der Waals surface area contributed by atoms with Crippen LogP contribution in [0.5, 0.6) is 0 Å². The summed E-state index contributed by atoms with van der Waals surface area (Å²) in [5.41, 5.74) is 0. The second-order valence-electron chi connectivity index (χ2n) is 21.6. The van der Waals surface area contributed by atoms with Gasteiger partial charge in [0.1, 0.15) is 13.2 Å². The highest BCUT2D eigenvalue weighted by molar-refractivity contribution is 5.71. The van der Waals surface area contributed by atoms with Crippen LogP contribution >= 0.6 is 0 Å². The van der Waals surface area contributed by atoms with Crippen molar-refractivity contribution >= 4 is 17.9 Å². The molecule has 0 N–H and O–H groups in total. The number of hydrogen-bond acceptors (Lipinski definition) is 6. The van der Waals surface area contributed by atoms with Crippen molar-refractivity contribution in [2.24, 2.45) is 0 Å². The lowest BCUT2D eigenvalue weighted by Crippen LogP contribution is -2.30. The van der Waals surface area contributed by atoms with Gasteiger partial charge in [0, 0.05) is 19.3 Å². The molecule has 0 aromatic rings. The zero-order valence-electron chi connectivity index (χ0n) is 52.5. The summed E-state index contributed by atoms with van der Waals surface area (Å²) >= 11 is 0. The molecular formula is C75H122O6. The molecule has 458 valence electrons. The molecule has 6 heteroatoms. The molecule has 0 spiro atoms. The molecule has 0 radical (unpaired) electrons. The van der Waals surface area contributed by atoms with Crippen LogP contribution in [0, 0.1) is 0 Å². The summed E-state index contributed by atoms with van der Waals surface area (Å²) in [6.07, 6.45) is 97.0. The van der Waals surface area contributed by atoms with Gasteiger partial charge in [0.05, 0.1) is 0 Å².